The Balaban J connectivity index is 2.09. The van der Waals surface area contributed by atoms with Gasteiger partial charge in [0.25, 0.3) is 0 Å². The minimum atomic E-state index is -3.73. The van der Waals surface area contributed by atoms with E-state index in [0.717, 1.165) is 24.3 Å². The number of carbonyl (C=O) groups excluding carboxylic acids is 1. The van der Waals surface area contributed by atoms with Crippen molar-refractivity contribution < 1.29 is 17.9 Å². The molecule has 0 aliphatic carbocycles. The lowest BCUT2D eigenvalue weighted by atomic mass is 10.2. The average Bonchev–Trinajstić information content (AvgIpc) is 2.68. The third-order valence-corrected chi connectivity index (χ3v) is 5.50. The first-order chi connectivity index (χ1) is 12.4. The van der Waals surface area contributed by atoms with Crippen LogP contribution in [0, 0.1) is 0 Å². The van der Waals surface area contributed by atoms with E-state index in [9.17, 15) is 13.2 Å². The fourth-order valence-corrected chi connectivity index (χ4v) is 3.65. The van der Waals surface area contributed by atoms with Gasteiger partial charge in [0, 0.05) is 25.3 Å². The van der Waals surface area contributed by atoms with Crippen LogP contribution in [0.4, 0.5) is 5.69 Å². The number of hydrogen-bond acceptors (Lipinski definition) is 5. The number of anilines is 1. The first-order valence-electron chi connectivity index (χ1n) is 8.43. The second-order valence-electron chi connectivity index (χ2n) is 5.68. The van der Waals surface area contributed by atoms with Gasteiger partial charge in [-0.05, 0) is 49.7 Å². The highest BCUT2D eigenvalue weighted by atomic mass is 32.2. The molecule has 1 N–H and O–H groups in total. The van der Waals surface area contributed by atoms with Gasteiger partial charge < -0.3 is 9.64 Å². The fraction of sp³-hybridized carbons (Fsp3) is 0.316. The molecule has 0 spiro atoms. The highest BCUT2D eigenvalue weighted by molar-refractivity contribution is 7.89. The van der Waals surface area contributed by atoms with Gasteiger partial charge in [0.1, 0.15) is 0 Å². The topological polar surface area (TPSA) is 75.7 Å². The molecule has 0 atom stereocenters. The summed E-state index contributed by atoms with van der Waals surface area (Å²) in [7, 11) is -2.47. The normalized spacial score (nSPS) is 11.2. The number of benzene rings is 2. The van der Waals surface area contributed by atoms with Crippen LogP contribution in [0.2, 0.25) is 0 Å². The van der Waals surface area contributed by atoms with E-state index in [0.29, 0.717) is 0 Å². The van der Waals surface area contributed by atoms with E-state index in [1.807, 2.05) is 24.3 Å². The molecule has 7 heteroatoms. The lowest BCUT2D eigenvalue weighted by Gasteiger charge is -2.21. The maximum Gasteiger partial charge on any atom is 0.337 e. The van der Waals surface area contributed by atoms with Crippen molar-refractivity contribution in [2.75, 3.05) is 25.1 Å². The van der Waals surface area contributed by atoms with Crippen molar-refractivity contribution in [2.45, 2.75) is 25.3 Å². The van der Waals surface area contributed by atoms with E-state index >= 15 is 0 Å². The van der Waals surface area contributed by atoms with Crippen LogP contribution in [0.25, 0.3) is 0 Å². The summed E-state index contributed by atoms with van der Waals surface area (Å²) in [5.74, 6) is -0.575. The molecule has 2 aromatic rings. The minimum Gasteiger partial charge on any atom is -0.465 e. The molecule has 0 bridgehead atoms. The number of nitrogens with zero attached hydrogens (tertiary/aromatic N) is 1. The fourth-order valence-electron chi connectivity index (χ4n) is 2.58. The Labute approximate surface area is 154 Å². The predicted molar refractivity (Wildman–Crippen MR) is 102 cm³/mol. The summed E-state index contributed by atoms with van der Waals surface area (Å²) in [5, 5.41) is 0. The second-order valence-corrected chi connectivity index (χ2v) is 7.45. The van der Waals surface area contributed by atoms with Crippen LogP contribution in [0.3, 0.4) is 0 Å². The van der Waals surface area contributed by atoms with Gasteiger partial charge in [-0.15, -0.1) is 0 Å². The van der Waals surface area contributed by atoms with Gasteiger partial charge in [-0.25, -0.2) is 17.9 Å². The summed E-state index contributed by atoms with van der Waals surface area (Å²) in [5.41, 5.74) is 2.15. The molecule has 2 aromatic carbocycles. The van der Waals surface area contributed by atoms with Gasteiger partial charge in [0.05, 0.1) is 17.6 Å². The Morgan fingerprint density at radius 2 is 1.73 bits per heavy atom. The van der Waals surface area contributed by atoms with Crippen molar-refractivity contribution in [2.24, 2.45) is 0 Å². The number of methoxy groups -OCH3 is 1. The van der Waals surface area contributed by atoms with E-state index < -0.39 is 16.0 Å². The number of carbonyl (C=O) groups is 1. The lowest BCUT2D eigenvalue weighted by molar-refractivity contribution is 0.0600. The van der Waals surface area contributed by atoms with Crippen LogP contribution in [0.5, 0.6) is 0 Å². The van der Waals surface area contributed by atoms with Crippen molar-refractivity contribution in [3.05, 3.63) is 59.7 Å². The number of rotatable bonds is 8. The molecule has 0 heterocycles. The maximum absolute atomic E-state index is 12.5. The molecule has 0 aliphatic rings. The van der Waals surface area contributed by atoms with E-state index in [1.54, 1.807) is 0 Å². The minimum absolute atomic E-state index is 0.0279. The SMILES string of the molecule is CCN(CC)c1ccc(CNS(=O)(=O)c2cccc(C(=O)OC)c2)cc1. The van der Waals surface area contributed by atoms with Gasteiger partial charge in [0.2, 0.25) is 10.0 Å². The Bertz CT molecular complexity index is 844. The highest BCUT2D eigenvalue weighted by Crippen LogP contribution is 2.16. The molecule has 6 nitrogen and oxygen atoms in total. The smallest absolute Gasteiger partial charge is 0.337 e. The summed E-state index contributed by atoms with van der Waals surface area (Å²) in [6, 6.07) is 13.5. The first-order valence-corrected chi connectivity index (χ1v) is 9.91. The van der Waals surface area contributed by atoms with Crippen molar-refractivity contribution in [1.29, 1.82) is 0 Å². The molecule has 26 heavy (non-hydrogen) atoms. The van der Waals surface area contributed by atoms with Crippen molar-refractivity contribution in [3.63, 3.8) is 0 Å². The highest BCUT2D eigenvalue weighted by Gasteiger charge is 2.16. The van der Waals surface area contributed by atoms with Gasteiger partial charge in [-0.1, -0.05) is 18.2 Å². The molecule has 0 fully saturated rings. The summed E-state index contributed by atoms with van der Waals surface area (Å²) in [6.45, 7) is 6.18. The second kappa shape index (κ2) is 8.82. The van der Waals surface area contributed by atoms with Crippen molar-refractivity contribution in [1.82, 2.24) is 4.72 Å². The van der Waals surface area contributed by atoms with E-state index in [4.69, 9.17) is 0 Å². The van der Waals surface area contributed by atoms with Crippen LogP contribution in [-0.2, 0) is 21.3 Å². The Hall–Kier alpha value is -2.38. The molecular weight excluding hydrogens is 352 g/mol. The molecule has 0 saturated carbocycles. The summed E-state index contributed by atoms with van der Waals surface area (Å²) in [6.07, 6.45) is 0. The number of nitrogens with one attached hydrogen (secondary N) is 1. The Morgan fingerprint density at radius 1 is 1.08 bits per heavy atom. The maximum atomic E-state index is 12.5. The van der Waals surface area contributed by atoms with E-state index in [2.05, 4.69) is 28.2 Å². The molecule has 0 saturated heterocycles. The van der Waals surface area contributed by atoms with Gasteiger partial charge in [-0.3, -0.25) is 0 Å². The van der Waals surface area contributed by atoms with E-state index in [1.165, 1.54) is 31.4 Å². The average molecular weight is 376 g/mol. The summed E-state index contributed by atoms with van der Waals surface area (Å²) < 4.78 is 32.1. The number of esters is 1. The van der Waals surface area contributed by atoms with Crippen LogP contribution < -0.4 is 9.62 Å². The molecule has 0 radical (unpaired) electrons. The van der Waals surface area contributed by atoms with E-state index in [-0.39, 0.29) is 17.0 Å². The number of sulfonamides is 1. The van der Waals surface area contributed by atoms with Crippen molar-refractivity contribution in [3.8, 4) is 0 Å². The third kappa shape index (κ3) is 4.83. The van der Waals surface area contributed by atoms with Crippen LogP contribution in [0.15, 0.2) is 53.4 Å². The van der Waals surface area contributed by atoms with Gasteiger partial charge >= 0.3 is 5.97 Å². The van der Waals surface area contributed by atoms with Crippen LogP contribution in [0.1, 0.15) is 29.8 Å². The molecule has 0 aromatic heterocycles. The number of ether oxygens (including phenoxy) is 1. The molecular formula is C19H24N2O4S. The summed E-state index contributed by atoms with van der Waals surface area (Å²) >= 11 is 0. The first kappa shape index (κ1) is 19.9. The molecule has 0 unspecified atom stereocenters. The van der Waals surface area contributed by atoms with Gasteiger partial charge in [0.15, 0.2) is 0 Å². The standard InChI is InChI=1S/C19H24N2O4S/c1-4-21(5-2)17-11-9-15(10-12-17)14-20-26(23,24)18-8-6-7-16(13-18)19(22)25-3/h6-13,20H,4-5,14H2,1-3H3. The predicted octanol–water partition coefficient (Wildman–Crippen LogP) is 2.80. The van der Waals surface area contributed by atoms with Crippen LogP contribution in [-0.4, -0.2) is 34.6 Å². The van der Waals surface area contributed by atoms with Crippen LogP contribution >= 0.6 is 0 Å². The Kier molecular flexibility index (Phi) is 6.76. The van der Waals surface area contributed by atoms with Gasteiger partial charge in [-0.2, -0.15) is 0 Å². The Morgan fingerprint density at radius 3 is 2.31 bits per heavy atom. The quantitative estimate of drug-likeness (QED) is 0.717. The third-order valence-electron chi connectivity index (χ3n) is 4.10. The molecule has 2 rings (SSSR count). The largest absolute Gasteiger partial charge is 0.465 e. The molecule has 140 valence electrons. The zero-order valence-electron chi connectivity index (χ0n) is 15.2. The molecule has 0 aliphatic heterocycles. The zero-order valence-corrected chi connectivity index (χ0v) is 16.0. The zero-order chi connectivity index (χ0) is 19.2. The number of hydrogen-bond donors (Lipinski definition) is 1. The lowest BCUT2D eigenvalue weighted by Crippen LogP contribution is -2.24. The molecule has 0 amide bonds. The summed E-state index contributed by atoms with van der Waals surface area (Å²) in [4.78, 5) is 13.8. The monoisotopic (exact) mass is 376 g/mol. The van der Waals surface area contributed by atoms with Crippen molar-refractivity contribution >= 4 is 21.7 Å².